The van der Waals surface area contributed by atoms with Crippen LogP contribution in [0.2, 0.25) is 0 Å². The molecule has 0 fully saturated rings. The van der Waals surface area contributed by atoms with Crippen LogP contribution in [-0.4, -0.2) is 26.5 Å². The Kier molecular flexibility index (Phi) is 4.28. The maximum absolute atomic E-state index is 13.4. The fourth-order valence-electron chi connectivity index (χ4n) is 1.35. The maximum Gasteiger partial charge on any atom is 0.167 e. The molecule has 0 bridgehead atoms. The van der Waals surface area contributed by atoms with Crippen LogP contribution in [0.25, 0.3) is 0 Å². The van der Waals surface area contributed by atoms with Gasteiger partial charge in [0.15, 0.2) is 11.6 Å². The van der Waals surface area contributed by atoms with Crippen molar-refractivity contribution in [2.45, 2.75) is 13.3 Å². The topological polar surface area (TPSA) is 29.5 Å². The van der Waals surface area contributed by atoms with Crippen LogP contribution >= 0.6 is 0 Å². The first-order valence-corrected chi connectivity index (χ1v) is 5.08. The molecule has 0 aliphatic rings. The van der Waals surface area contributed by atoms with Crippen LogP contribution in [0.15, 0.2) is 18.2 Å². The monoisotopic (exact) mass is 225 g/mol. The lowest BCUT2D eigenvalue weighted by molar-refractivity contribution is -0.116. The Balaban J connectivity index is 2.72. The molecule has 0 radical (unpaired) electrons. The summed E-state index contributed by atoms with van der Waals surface area (Å²) in [6.07, 6.45) is 0.462. The van der Waals surface area contributed by atoms with Gasteiger partial charge >= 0.3 is 0 Å². The summed E-state index contributed by atoms with van der Waals surface area (Å²) in [6, 6.07) is 4.75. The smallest absolute Gasteiger partial charge is 0.167 e. The summed E-state index contributed by atoms with van der Waals surface area (Å²) in [5.74, 6) is -0.0424. The average molecular weight is 225 g/mol. The van der Waals surface area contributed by atoms with Crippen LogP contribution < -0.4 is 9.64 Å². The quantitative estimate of drug-likeness (QED) is 0.769. The van der Waals surface area contributed by atoms with Crippen LogP contribution in [0, 0.1) is 5.82 Å². The number of halogens is 1. The van der Waals surface area contributed by atoms with Gasteiger partial charge in [0.05, 0.1) is 7.11 Å². The molecule has 0 saturated heterocycles. The van der Waals surface area contributed by atoms with Gasteiger partial charge in [-0.2, -0.15) is 0 Å². The van der Waals surface area contributed by atoms with E-state index < -0.39 is 5.82 Å². The first-order chi connectivity index (χ1) is 7.54. The Morgan fingerprint density at radius 1 is 1.50 bits per heavy atom. The lowest BCUT2D eigenvalue weighted by Crippen LogP contribution is -2.20. The second kappa shape index (κ2) is 5.49. The Morgan fingerprint density at radius 3 is 2.69 bits per heavy atom. The summed E-state index contributed by atoms with van der Waals surface area (Å²) in [4.78, 5) is 12.7. The van der Waals surface area contributed by atoms with Crippen molar-refractivity contribution in [2.75, 3.05) is 25.6 Å². The highest BCUT2D eigenvalue weighted by molar-refractivity contribution is 5.76. The molecule has 1 aromatic rings. The molecule has 0 aliphatic carbocycles. The first-order valence-electron chi connectivity index (χ1n) is 5.08. The van der Waals surface area contributed by atoms with E-state index in [1.54, 1.807) is 19.1 Å². The lowest BCUT2D eigenvalue weighted by atomic mass is 10.2. The molecule has 88 valence electrons. The van der Waals surface area contributed by atoms with Crippen molar-refractivity contribution in [2.24, 2.45) is 0 Å². The van der Waals surface area contributed by atoms with E-state index >= 15 is 0 Å². The summed E-state index contributed by atoms with van der Waals surface area (Å²) in [6.45, 7) is 2.13. The van der Waals surface area contributed by atoms with Gasteiger partial charge in [0.25, 0.3) is 0 Å². The van der Waals surface area contributed by atoms with E-state index in [1.807, 2.05) is 11.9 Å². The number of ether oxygens (including phenoxy) is 1. The molecule has 4 heteroatoms. The molecular formula is C12H16FNO2. The number of benzene rings is 1. The molecule has 0 aromatic heterocycles. The molecule has 0 unspecified atom stereocenters. The van der Waals surface area contributed by atoms with E-state index in [0.29, 0.717) is 13.0 Å². The molecule has 0 amide bonds. The number of rotatable bonds is 5. The molecule has 0 spiro atoms. The van der Waals surface area contributed by atoms with Gasteiger partial charge in [0.1, 0.15) is 5.78 Å². The number of Topliss-reactive ketones (excluding diaryl/α,β-unsaturated/α-hetero) is 1. The van der Waals surface area contributed by atoms with Crippen molar-refractivity contribution >= 4 is 11.5 Å². The van der Waals surface area contributed by atoms with Crippen molar-refractivity contribution in [3.63, 3.8) is 0 Å². The molecule has 16 heavy (non-hydrogen) atoms. The van der Waals surface area contributed by atoms with Crippen LogP contribution in [-0.2, 0) is 4.79 Å². The average Bonchev–Trinajstić information content (AvgIpc) is 2.25. The van der Waals surface area contributed by atoms with E-state index in [4.69, 9.17) is 4.74 Å². The summed E-state index contributed by atoms with van der Waals surface area (Å²) in [5, 5.41) is 0. The zero-order chi connectivity index (χ0) is 12.1. The predicted molar refractivity (Wildman–Crippen MR) is 61.5 cm³/mol. The summed E-state index contributed by atoms with van der Waals surface area (Å²) in [5.41, 5.74) is 0.736. The van der Waals surface area contributed by atoms with Gasteiger partial charge in [0, 0.05) is 31.8 Å². The third-order valence-corrected chi connectivity index (χ3v) is 2.38. The van der Waals surface area contributed by atoms with Gasteiger partial charge in [0.2, 0.25) is 0 Å². The van der Waals surface area contributed by atoms with Gasteiger partial charge < -0.3 is 9.64 Å². The Bertz CT molecular complexity index is 379. The van der Waals surface area contributed by atoms with Crippen molar-refractivity contribution in [3.05, 3.63) is 24.0 Å². The minimum atomic E-state index is -0.394. The molecule has 0 aliphatic heterocycles. The Hall–Kier alpha value is -1.58. The zero-order valence-electron chi connectivity index (χ0n) is 9.79. The maximum atomic E-state index is 13.4. The van der Waals surface area contributed by atoms with Gasteiger partial charge in [-0.05, 0) is 19.1 Å². The summed E-state index contributed by atoms with van der Waals surface area (Å²) >= 11 is 0. The minimum absolute atomic E-state index is 0.126. The van der Waals surface area contributed by atoms with Crippen LogP contribution in [0.4, 0.5) is 10.1 Å². The highest BCUT2D eigenvalue weighted by atomic mass is 19.1. The predicted octanol–water partition coefficient (Wildman–Crippen LogP) is 2.25. The molecule has 3 nitrogen and oxygen atoms in total. The number of carbonyl (C=O) groups excluding carboxylic acids is 1. The molecule has 0 atom stereocenters. The zero-order valence-corrected chi connectivity index (χ0v) is 9.79. The minimum Gasteiger partial charge on any atom is -0.494 e. The van der Waals surface area contributed by atoms with Gasteiger partial charge in [-0.15, -0.1) is 0 Å². The van der Waals surface area contributed by atoms with Crippen LogP contribution in [0.1, 0.15) is 13.3 Å². The number of nitrogens with zero attached hydrogens (tertiary/aromatic N) is 1. The molecule has 0 saturated carbocycles. The number of hydrogen-bond acceptors (Lipinski definition) is 3. The highest BCUT2D eigenvalue weighted by Crippen LogP contribution is 2.22. The highest BCUT2D eigenvalue weighted by Gasteiger charge is 2.07. The molecule has 0 heterocycles. The normalized spacial score (nSPS) is 10.0. The van der Waals surface area contributed by atoms with E-state index in [1.165, 1.54) is 13.2 Å². The van der Waals surface area contributed by atoms with Crippen LogP contribution in [0.3, 0.4) is 0 Å². The molecular weight excluding hydrogens is 209 g/mol. The summed E-state index contributed by atoms with van der Waals surface area (Å²) in [7, 11) is 3.25. The third-order valence-electron chi connectivity index (χ3n) is 2.38. The van der Waals surface area contributed by atoms with Gasteiger partial charge in [-0.1, -0.05) is 0 Å². The largest absolute Gasteiger partial charge is 0.494 e. The number of anilines is 1. The Labute approximate surface area is 94.8 Å². The number of methoxy groups -OCH3 is 1. The SMILES string of the molecule is COc1ccc(N(C)CCC(C)=O)cc1F. The first kappa shape index (κ1) is 12.5. The van der Waals surface area contributed by atoms with Crippen molar-refractivity contribution in [1.82, 2.24) is 0 Å². The second-order valence-corrected chi connectivity index (χ2v) is 3.69. The molecule has 0 N–H and O–H groups in total. The van der Waals surface area contributed by atoms with Gasteiger partial charge in [-0.25, -0.2) is 4.39 Å². The van der Waals surface area contributed by atoms with Crippen molar-refractivity contribution in [1.29, 1.82) is 0 Å². The number of hydrogen-bond donors (Lipinski definition) is 0. The Morgan fingerprint density at radius 2 is 2.19 bits per heavy atom. The fourth-order valence-corrected chi connectivity index (χ4v) is 1.35. The van der Waals surface area contributed by atoms with Gasteiger partial charge in [-0.3, -0.25) is 4.79 Å². The number of carbonyl (C=O) groups is 1. The molecule has 1 aromatic carbocycles. The standard InChI is InChI=1S/C12H16FNO2/c1-9(15)6-7-14(2)10-4-5-12(16-3)11(13)8-10/h4-5,8H,6-7H2,1-3H3. The van der Waals surface area contributed by atoms with E-state index in [-0.39, 0.29) is 11.5 Å². The third kappa shape index (κ3) is 3.22. The van der Waals surface area contributed by atoms with E-state index in [0.717, 1.165) is 5.69 Å². The van der Waals surface area contributed by atoms with E-state index in [9.17, 15) is 9.18 Å². The van der Waals surface area contributed by atoms with E-state index in [2.05, 4.69) is 0 Å². The molecule has 1 rings (SSSR count). The lowest BCUT2D eigenvalue weighted by Gasteiger charge is -2.19. The second-order valence-electron chi connectivity index (χ2n) is 3.69. The van der Waals surface area contributed by atoms with Crippen molar-refractivity contribution < 1.29 is 13.9 Å². The fraction of sp³-hybridized carbons (Fsp3) is 0.417. The summed E-state index contributed by atoms with van der Waals surface area (Å²) < 4.78 is 18.2. The van der Waals surface area contributed by atoms with Crippen LogP contribution in [0.5, 0.6) is 5.75 Å². The van der Waals surface area contributed by atoms with Crippen molar-refractivity contribution in [3.8, 4) is 5.75 Å². The number of ketones is 1.